The molecular formula is C23H25NO2. The third-order valence-electron chi connectivity index (χ3n) is 5.16. The molecule has 0 saturated carbocycles. The molecule has 0 radical (unpaired) electrons. The lowest BCUT2D eigenvalue weighted by atomic mass is 10.0. The zero-order chi connectivity index (χ0) is 17.8. The van der Waals surface area contributed by atoms with Crippen LogP contribution in [0, 0.1) is 0 Å². The highest BCUT2D eigenvalue weighted by Crippen LogP contribution is 2.38. The fourth-order valence-corrected chi connectivity index (χ4v) is 3.74. The van der Waals surface area contributed by atoms with Crippen LogP contribution in [-0.2, 0) is 4.74 Å². The summed E-state index contributed by atoms with van der Waals surface area (Å²) < 4.78 is 11.0. The monoisotopic (exact) mass is 347 g/mol. The zero-order valence-electron chi connectivity index (χ0n) is 15.3. The van der Waals surface area contributed by atoms with Gasteiger partial charge in [0.1, 0.15) is 5.75 Å². The smallest absolute Gasteiger partial charge is 0.126 e. The molecule has 1 heterocycles. The Kier molecular flexibility index (Phi) is 5.19. The number of methoxy groups -OCH3 is 1. The van der Waals surface area contributed by atoms with Gasteiger partial charge in [0.15, 0.2) is 0 Å². The van der Waals surface area contributed by atoms with Crippen LogP contribution < -0.4 is 4.74 Å². The minimum Gasteiger partial charge on any atom is -0.496 e. The summed E-state index contributed by atoms with van der Waals surface area (Å²) in [5.41, 5.74) is 6.48. The number of rotatable bonds is 5. The zero-order valence-corrected chi connectivity index (χ0v) is 15.3. The van der Waals surface area contributed by atoms with Crippen LogP contribution in [-0.4, -0.2) is 44.9 Å². The van der Waals surface area contributed by atoms with Gasteiger partial charge in [0.05, 0.1) is 20.3 Å². The molecule has 0 amide bonds. The Morgan fingerprint density at radius 3 is 2.54 bits per heavy atom. The van der Waals surface area contributed by atoms with Gasteiger partial charge in [-0.05, 0) is 40.8 Å². The average molecular weight is 347 g/mol. The summed E-state index contributed by atoms with van der Waals surface area (Å²) >= 11 is 0. The molecule has 0 atom stereocenters. The second-order valence-corrected chi connectivity index (χ2v) is 6.76. The van der Waals surface area contributed by atoms with E-state index in [-0.39, 0.29) is 0 Å². The Hall–Kier alpha value is -2.36. The van der Waals surface area contributed by atoms with E-state index in [0.717, 1.165) is 50.6 Å². The molecule has 2 aromatic carbocycles. The van der Waals surface area contributed by atoms with E-state index < -0.39 is 0 Å². The number of nitrogens with zero attached hydrogens (tertiary/aromatic N) is 1. The molecule has 2 aliphatic rings. The summed E-state index contributed by atoms with van der Waals surface area (Å²) in [5.74, 6) is 0.910. The average Bonchev–Trinajstić information content (AvgIpc) is 3.05. The molecule has 0 aromatic heterocycles. The van der Waals surface area contributed by atoms with Crippen molar-refractivity contribution in [2.75, 3.05) is 40.0 Å². The summed E-state index contributed by atoms with van der Waals surface area (Å²) in [6, 6.07) is 16.9. The van der Waals surface area contributed by atoms with E-state index in [0.29, 0.717) is 0 Å². The Balaban J connectivity index is 1.60. The number of fused-ring (bicyclic) bond motifs is 1. The van der Waals surface area contributed by atoms with Crippen molar-refractivity contribution in [1.82, 2.24) is 4.90 Å². The van der Waals surface area contributed by atoms with Crippen molar-refractivity contribution >= 4 is 17.2 Å². The molecule has 1 fully saturated rings. The predicted molar refractivity (Wildman–Crippen MR) is 107 cm³/mol. The molecule has 0 bridgehead atoms. The van der Waals surface area contributed by atoms with E-state index in [2.05, 4.69) is 53.5 Å². The first kappa shape index (κ1) is 17.1. The number of hydrogen-bond acceptors (Lipinski definition) is 3. The van der Waals surface area contributed by atoms with Crippen LogP contribution in [0.3, 0.4) is 0 Å². The maximum atomic E-state index is 5.51. The van der Waals surface area contributed by atoms with Crippen LogP contribution in [0.4, 0.5) is 0 Å². The lowest BCUT2D eigenvalue weighted by Gasteiger charge is -2.26. The third kappa shape index (κ3) is 3.59. The van der Waals surface area contributed by atoms with E-state index >= 15 is 0 Å². The van der Waals surface area contributed by atoms with Gasteiger partial charge in [0, 0.05) is 25.2 Å². The Morgan fingerprint density at radius 1 is 1.00 bits per heavy atom. The van der Waals surface area contributed by atoms with Gasteiger partial charge in [-0.3, -0.25) is 4.90 Å². The Morgan fingerprint density at radius 2 is 1.73 bits per heavy atom. The first-order valence-corrected chi connectivity index (χ1v) is 9.30. The van der Waals surface area contributed by atoms with Crippen LogP contribution in [0.1, 0.15) is 23.1 Å². The lowest BCUT2D eigenvalue weighted by molar-refractivity contribution is 0.0390. The van der Waals surface area contributed by atoms with Crippen LogP contribution in [0.15, 0.2) is 54.6 Å². The predicted octanol–water partition coefficient (Wildman–Crippen LogP) is 4.36. The second-order valence-electron chi connectivity index (χ2n) is 6.76. The topological polar surface area (TPSA) is 21.7 Å². The van der Waals surface area contributed by atoms with Gasteiger partial charge in [0.25, 0.3) is 0 Å². The van der Waals surface area contributed by atoms with Gasteiger partial charge in [0.2, 0.25) is 0 Å². The van der Waals surface area contributed by atoms with Crippen molar-refractivity contribution in [3.05, 3.63) is 71.3 Å². The van der Waals surface area contributed by atoms with Gasteiger partial charge < -0.3 is 9.47 Å². The molecule has 4 rings (SSSR count). The highest BCUT2D eigenvalue weighted by Gasteiger charge is 2.19. The molecule has 3 heteroatoms. The molecule has 26 heavy (non-hydrogen) atoms. The maximum absolute atomic E-state index is 5.51. The molecule has 1 aliphatic carbocycles. The molecule has 0 spiro atoms. The van der Waals surface area contributed by atoms with E-state index in [1.54, 1.807) is 7.11 Å². The maximum Gasteiger partial charge on any atom is 0.126 e. The number of morpholine rings is 1. The molecule has 1 saturated heterocycles. The SMILES string of the molecule is COc1ccccc1/C=C1\C=C(CCN2CCOCC2)c2ccccc21. The van der Waals surface area contributed by atoms with Gasteiger partial charge in [-0.15, -0.1) is 0 Å². The van der Waals surface area contributed by atoms with Gasteiger partial charge in [-0.2, -0.15) is 0 Å². The minimum absolute atomic E-state index is 0.856. The number of para-hydroxylation sites is 1. The fourth-order valence-electron chi connectivity index (χ4n) is 3.74. The largest absolute Gasteiger partial charge is 0.496 e. The van der Waals surface area contributed by atoms with Crippen molar-refractivity contribution in [1.29, 1.82) is 0 Å². The molecule has 3 nitrogen and oxygen atoms in total. The fraction of sp³-hybridized carbons (Fsp3) is 0.304. The molecular weight excluding hydrogens is 322 g/mol. The van der Waals surface area contributed by atoms with E-state index in [4.69, 9.17) is 9.47 Å². The summed E-state index contributed by atoms with van der Waals surface area (Å²) in [5, 5.41) is 0. The van der Waals surface area contributed by atoms with Crippen LogP contribution in [0.25, 0.3) is 17.2 Å². The Labute approximate surface area is 155 Å². The second kappa shape index (κ2) is 7.90. The summed E-state index contributed by atoms with van der Waals surface area (Å²) in [4.78, 5) is 2.49. The van der Waals surface area contributed by atoms with Crippen molar-refractivity contribution in [2.24, 2.45) is 0 Å². The Bertz CT molecular complexity index is 832. The van der Waals surface area contributed by atoms with E-state index in [1.165, 1.54) is 22.3 Å². The number of hydrogen-bond donors (Lipinski definition) is 0. The van der Waals surface area contributed by atoms with E-state index in [1.807, 2.05) is 12.1 Å². The van der Waals surface area contributed by atoms with Gasteiger partial charge in [-0.1, -0.05) is 48.5 Å². The lowest BCUT2D eigenvalue weighted by Crippen LogP contribution is -2.36. The number of ether oxygens (including phenoxy) is 2. The summed E-state index contributed by atoms with van der Waals surface area (Å²) in [7, 11) is 1.73. The van der Waals surface area contributed by atoms with Crippen molar-refractivity contribution in [2.45, 2.75) is 6.42 Å². The highest BCUT2D eigenvalue weighted by molar-refractivity contribution is 6.02. The minimum atomic E-state index is 0.856. The third-order valence-corrected chi connectivity index (χ3v) is 5.16. The summed E-state index contributed by atoms with van der Waals surface area (Å²) in [6.45, 7) is 4.88. The van der Waals surface area contributed by atoms with Gasteiger partial charge >= 0.3 is 0 Å². The van der Waals surface area contributed by atoms with Crippen molar-refractivity contribution < 1.29 is 9.47 Å². The quantitative estimate of drug-likeness (QED) is 0.802. The van der Waals surface area contributed by atoms with Gasteiger partial charge in [-0.25, -0.2) is 0 Å². The standard InChI is InChI=1S/C23H25NO2/c1-25-23-9-5-2-6-19(23)17-20-16-18(21-7-3-4-8-22(20)21)10-11-24-12-14-26-15-13-24/h2-9,16-17H,10-15H2,1H3/b20-17+. The van der Waals surface area contributed by atoms with Crippen molar-refractivity contribution in [3.8, 4) is 5.75 Å². The van der Waals surface area contributed by atoms with Crippen molar-refractivity contribution in [3.63, 3.8) is 0 Å². The highest BCUT2D eigenvalue weighted by atomic mass is 16.5. The normalized spacial score (nSPS) is 18.7. The first-order chi connectivity index (χ1) is 12.8. The van der Waals surface area contributed by atoms with Crippen LogP contribution in [0.5, 0.6) is 5.75 Å². The summed E-state index contributed by atoms with van der Waals surface area (Å²) in [6.07, 6.45) is 5.65. The molecule has 0 N–H and O–H groups in total. The molecule has 0 unspecified atom stereocenters. The molecule has 2 aromatic rings. The number of allylic oxidation sites excluding steroid dienone is 2. The molecule has 1 aliphatic heterocycles. The van der Waals surface area contributed by atoms with E-state index in [9.17, 15) is 0 Å². The molecule has 134 valence electrons. The number of benzene rings is 2. The van der Waals surface area contributed by atoms with Crippen LogP contribution >= 0.6 is 0 Å². The first-order valence-electron chi connectivity index (χ1n) is 9.30. The van der Waals surface area contributed by atoms with Crippen LogP contribution in [0.2, 0.25) is 0 Å².